The molecule has 0 saturated heterocycles. The number of esters is 1. The van der Waals surface area contributed by atoms with Crippen molar-refractivity contribution in [1.82, 2.24) is 10.0 Å². The highest BCUT2D eigenvalue weighted by molar-refractivity contribution is 7.90. The first-order valence-electron chi connectivity index (χ1n) is 16.7. The third kappa shape index (κ3) is 6.25. The van der Waals surface area contributed by atoms with Gasteiger partial charge in [0.05, 0.1) is 0 Å². The number of carbonyl (C=O) groups is 3. The summed E-state index contributed by atoms with van der Waals surface area (Å²) in [5, 5.41) is 2.54. The third-order valence-corrected chi connectivity index (χ3v) is 14.5. The summed E-state index contributed by atoms with van der Waals surface area (Å²) in [5.74, 6) is 0.134. The number of halogens is 3. The third-order valence-electron chi connectivity index (χ3n) is 13.5. The van der Waals surface area contributed by atoms with Gasteiger partial charge in [-0.05, 0) is 105 Å². The van der Waals surface area contributed by atoms with Crippen LogP contribution in [0.1, 0.15) is 120 Å². The Hall–Kier alpha value is -2.11. The maximum Gasteiger partial charge on any atom is 0.516 e. The van der Waals surface area contributed by atoms with Crippen molar-refractivity contribution in [2.75, 3.05) is 0 Å². The minimum Gasteiger partial charge on any atom is -0.462 e. The van der Waals surface area contributed by atoms with Crippen LogP contribution in [0.3, 0.4) is 0 Å². The van der Waals surface area contributed by atoms with E-state index in [2.05, 4.69) is 46.9 Å². The van der Waals surface area contributed by atoms with Crippen LogP contribution in [0.2, 0.25) is 0 Å². The maximum atomic E-state index is 13.8. The van der Waals surface area contributed by atoms with Crippen LogP contribution in [0.25, 0.3) is 0 Å². The standard InChI is InChI=1S/C34H53F3N2O6S/c1-20-10-11-27(45-22(3)40)29(4,5)23(20)12-13-32(8)21(2)26(41)18-24-25-19-31(7,16-14-30(25,6)15-17-33(24,32)9)38-28(42)39-46(43,44)34(35,36)37/h18,20-21,23,25,27H,10-17,19H2,1-9H3,(H2,38,39,42)/t20-,21+,23?,25+,27+,30-,31+,32-,33-/m1/s1. The smallest absolute Gasteiger partial charge is 0.462 e. The van der Waals surface area contributed by atoms with Crippen LogP contribution in [-0.2, 0) is 24.3 Å². The Labute approximate surface area is 272 Å². The molecule has 2 amide bonds. The molecule has 0 aromatic rings. The van der Waals surface area contributed by atoms with Crippen LogP contribution in [-0.4, -0.2) is 43.4 Å². The van der Waals surface area contributed by atoms with Gasteiger partial charge in [0.15, 0.2) is 5.78 Å². The zero-order chi connectivity index (χ0) is 34.9. The largest absolute Gasteiger partial charge is 0.516 e. The van der Waals surface area contributed by atoms with Crippen molar-refractivity contribution in [3.05, 3.63) is 11.6 Å². The van der Waals surface area contributed by atoms with Crippen LogP contribution in [0.4, 0.5) is 18.0 Å². The van der Waals surface area contributed by atoms with E-state index in [1.54, 1.807) is 13.0 Å². The summed E-state index contributed by atoms with van der Waals surface area (Å²) in [4.78, 5) is 38.3. The molecular formula is C34H53F3N2O6S. The number of urea groups is 1. The lowest BCUT2D eigenvalue weighted by Crippen LogP contribution is -2.61. The van der Waals surface area contributed by atoms with Crippen molar-refractivity contribution in [3.8, 4) is 0 Å². The highest BCUT2D eigenvalue weighted by atomic mass is 32.2. The predicted octanol–water partition coefficient (Wildman–Crippen LogP) is 7.44. The summed E-state index contributed by atoms with van der Waals surface area (Å²) in [6.45, 7) is 18.5. The van der Waals surface area contributed by atoms with E-state index >= 15 is 0 Å². The zero-order valence-corrected chi connectivity index (χ0v) is 29.6. The summed E-state index contributed by atoms with van der Waals surface area (Å²) in [6, 6.07) is -1.41. The fourth-order valence-corrected chi connectivity index (χ4v) is 10.3. The highest BCUT2D eigenvalue weighted by Gasteiger charge is 2.62. The van der Waals surface area contributed by atoms with Crippen LogP contribution in [0.5, 0.6) is 0 Å². The SMILES string of the molecule is CC(=O)O[C@H]1CC[C@@H](C)C(CC[C@]2(C)[C@@H](C)C(=O)C=C3[C@@H]4C[C@@](C)(NC(=O)NS(=O)(=O)C(F)(F)F)CC[C@]4(C)CC[C@]32C)C1(C)C. The highest BCUT2D eigenvalue weighted by Crippen LogP contribution is 2.68. The Bertz CT molecular complexity index is 1400. The molecule has 9 atom stereocenters. The number of ketones is 1. The molecule has 2 N–H and O–H groups in total. The Kier molecular flexibility index (Phi) is 9.41. The fraction of sp³-hybridized carbons (Fsp3) is 0.853. The molecule has 0 aliphatic heterocycles. The van der Waals surface area contributed by atoms with Gasteiger partial charge in [0, 0.05) is 23.8 Å². The molecule has 0 heterocycles. The number of carbonyl (C=O) groups excluding carboxylic acids is 3. The van der Waals surface area contributed by atoms with E-state index in [0.29, 0.717) is 25.2 Å². The second-order valence-corrected chi connectivity index (χ2v) is 18.2. The van der Waals surface area contributed by atoms with Crippen LogP contribution in [0, 0.1) is 45.3 Å². The summed E-state index contributed by atoms with van der Waals surface area (Å²) >= 11 is 0. The van der Waals surface area contributed by atoms with E-state index in [9.17, 15) is 36.0 Å². The first-order chi connectivity index (χ1) is 20.8. The normalized spacial score (nSPS) is 41.0. The van der Waals surface area contributed by atoms with E-state index in [4.69, 9.17) is 4.74 Å². The topological polar surface area (TPSA) is 119 Å². The minimum absolute atomic E-state index is 0.0576. The molecule has 4 aliphatic rings. The summed E-state index contributed by atoms with van der Waals surface area (Å²) in [7, 11) is -5.85. The molecule has 0 bridgehead atoms. The molecule has 0 aromatic carbocycles. The van der Waals surface area contributed by atoms with Gasteiger partial charge in [-0.3, -0.25) is 9.59 Å². The Balaban J connectivity index is 1.62. The van der Waals surface area contributed by atoms with Gasteiger partial charge in [0.25, 0.3) is 0 Å². The van der Waals surface area contributed by atoms with E-state index in [1.807, 2.05) is 6.92 Å². The lowest BCUT2D eigenvalue weighted by molar-refractivity contribution is -0.162. The summed E-state index contributed by atoms with van der Waals surface area (Å²) in [5.41, 5.74) is -6.70. The molecule has 0 radical (unpaired) electrons. The predicted molar refractivity (Wildman–Crippen MR) is 169 cm³/mol. The average Bonchev–Trinajstić information content (AvgIpc) is 2.90. The van der Waals surface area contributed by atoms with Gasteiger partial charge >= 0.3 is 27.5 Å². The lowest BCUT2D eigenvalue weighted by atomic mass is 9.40. The number of ether oxygens (including phenoxy) is 1. The van der Waals surface area contributed by atoms with Gasteiger partial charge in [-0.15, -0.1) is 0 Å². The van der Waals surface area contributed by atoms with Crippen LogP contribution >= 0.6 is 0 Å². The monoisotopic (exact) mass is 674 g/mol. The Morgan fingerprint density at radius 1 is 1.00 bits per heavy atom. The van der Waals surface area contributed by atoms with Gasteiger partial charge in [-0.25, -0.2) is 9.52 Å². The molecule has 1 unspecified atom stereocenters. The van der Waals surface area contributed by atoms with Gasteiger partial charge < -0.3 is 10.1 Å². The molecule has 262 valence electrons. The number of hydrogen-bond acceptors (Lipinski definition) is 6. The van der Waals surface area contributed by atoms with Crippen molar-refractivity contribution in [2.24, 2.45) is 45.3 Å². The van der Waals surface area contributed by atoms with Gasteiger partial charge in [0.2, 0.25) is 0 Å². The van der Waals surface area contributed by atoms with Gasteiger partial charge in [-0.2, -0.15) is 21.6 Å². The maximum absolute atomic E-state index is 13.8. The molecule has 4 rings (SSSR count). The van der Waals surface area contributed by atoms with Crippen LogP contribution < -0.4 is 10.0 Å². The molecular weight excluding hydrogens is 621 g/mol. The second-order valence-electron chi connectivity index (χ2n) is 16.6. The zero-order valence-electron chi connectivity index (χ0n) is 28.8. The Morgan fingerprint density at radius 2 is 1.61 bits per heavy atom. The number of alkyl halides is 3. The first kappa shape index (κ1) is 36.7. The van der Waals surface area contributed by atoms with E-state index in [-0.39, 0.29) is 57.3 Å². The van der Waals surface area contributed by atoms with Crippen molar-refractivity contribution >= 4 is 27.8 Å². The van der Waals surface area contributed by atoms with E-state index in [0.717, 1.165) is 48.8 Å². The lowest BCUT2D eigenvalue weighted by Gasteiger charge is -2.64. The molecule has 46 heavy (non-hydrogen) atoms. The van der Waals surface area contributed by atoms with Crippen LogP contribution in [0.15, 0.2) is 11.6 Å². The number of sulfonamides is 1. The average molecular weight is 675 g/mol. The molecule has 0 spiro atoms. The van der Waals surface area contributed by atoms with E-state index in [1.165, 1.54) is 6.92 Å². The molecule has 3 fully saturated rings. The molecule has 12 heteroatoms. The fourth-order valence-electron chi connectivity index (χ4n) is 9.90. The van der Waals surface area contributed by atoms with Gasteiger partial charge in [-0.1, -0.05) is 54.0 Å². The summed E-state index contributed by atoms with van der Waals surface area (Å²) < 4.78 is 68.9. The minimum atomic E-state index is -5.85. The van der Waals surface area contributed by atoms with E-state index < -0.39 is 27.1 Å². The number of amides is 2. The van der Waals surface area contributed by atoms with Crippen molar-refractivity contribution in [1.29, 1.82) is 0 Å². The number of hydrogen-bond donors (Lipinski definition) is 2. The molecule has 8 nitrogen and oxygen atoms in total. The summed E-state index contributed by atoms with van der Waals surface area (Å²) in [6.07, 6.45) is 8.38. The quantitative estimate of drug-likeness (QED) is 0.283. The number of nitrogens with one attached hydrogen (secondary N) is 2. The van der Waals surface area contributed by atoms with Gasteiger partial charge in [0.1, 0.15) is 6.10 Å². The Morgan fingerprint density at radius 3 is 2.20 bits per heavy atom. The van der Waals surface area contributed by atoms with Crippen molar-refractivity contribution in [2.45, 2.75) is 137 Å². The number of rotatable bonds is 6. The molecule has 0 aromatic heterocycles. The van der Waals surface area contributed by atoms with Crippen molar-refractivity contribution < 1.29 is 40.7 Å². The second kappa shape index (κ2) is 11.8. The van der Waals surface area contributed by atoms with Crippen molar-refractivity contribution in [3.63, 3.8) is 0 Å². The molecule has 3 saturated carbocycles. The molecule has 4 aliphatic carbocycles. The number of allylic oxidation sites excluding steroid dienone is 2. The first-order valence-corrected chi connectivity index (χ1v) is 18.1. The number of fused-ring (bicyclic) bond motifs is 3.